The number of hydrogen-bond acceptors (Lipinski definition) is 4. The van der Waals surface area contributed by atoms with Crippen LogP contribution in [0.5, 0.6) is 0 Å². The van der Waals surface area contributed by atoms with Gasteiger partial charge in [0.15, 0.2) is 0 Å². The number of nitrogens with one attached hydrogen (secondary N) is 2. The molecule has 2 fully saturated rings. The van der Waals surface area contributed by atoms with Crippen LogP contribution in [0, 0.1) is 0 Å². The lowest BCUT2D eigenvalue weighted by molar-refractivity contribution is -0.123. The van der Waals surface area contributed by atoms with Crippen LogP contribution in [-0.4, -0.2) is 62.3 Å². The van der Waals surface area contributed by atoms with Gasteiger partial charge in [0, 0.05) is 25.6 Å². The molecule has 2 aliphatic heterocycles. The fourth-order valence-electron chi connectivity index (χ4n) is 3.20. The Morgan fingerprint density at radius 1 is 1.24 bits per heavy atom. The Balaban J connectivity index is 1.53. The summed E-state index contributed by atoms with van der Waals surface area (Å²) in [6, 6.07) is 0.365. The van der Waals surface area contributed by atoms with Crippen LogP contribution in [0.15, 0.2) is 0 Å². The van der Waals surface area contributed by atoms with E-state index >= 15 is 0 Å². The number of piperidine rings is 2. The second-order valence-corrected chi connectivity index (χ2v) is 6.25. The summed E-state index contributed by atoms with van der Waals surface area (Å²) in [5.74, 6) is 0.151. The number of nitrogens with zero attached hydrogens (tertiary/aromatic N) is 1. The maximum Gasteiger partial charge on any atom is 0.222 e. The number of rotatable bonds is 7. The summed E-state index contributed by atoms with van der Waals surface area (Å²) in [5, 5.41) is 6.48. The van der Waals surface area contributed by atoms with Crippen LogP contribution in [0.2, 0.25) is 0 Å². The number of ether oxygens (including phenoxy) is 1. The van der Waals surface area contributed by atoms with E-state index in [0.29, 0.717) is 25.2 Å². The van der Waals surface area contributed by atoms with Crippen molar-refractivity contribution in [2.75, 3.05) is 39.3 Å². The van der Waals surface area contributed by atoms with Crippen molar-refractivity contribution in [1.82, 2.24) is 15.5 Å². The molecule has 0 aromatic heterocycles. The Morgan fingerprint density at radius 2 is 1.95 bits per heavy atom. The maximum absolute atomic E-state index is 11.9. The molecule has 0 aromatic carbocycles. The second kappa shape index (κ2) is 9.38. The van der Waals surface area contributed by atoms with Crippen LogP contribution >= 0.6 is 0 Å². The zero-order chi connectivity index (χ0) is 14.9. The minimum atomic E-state index is 0.151. The SMILES string of the molecule is CCCN1CCC(NC(=O)CCOC2CCNCC2)CC1. The van der Waals surface area contributed by atoms with Crippen molar-refractivity contribution in [2.45, 2.75) is 57.6 Å². The highest BCUT2D eigenvalue weighted by Crippen LogP contribution is 2.11. The fraction of sp³-hybridized carbons (Fsp3) is 0.938. The molecule has 2 N–H and O–H groups in total. The molecule has 0 aromatic rings. The van der Waals surface area contributed by atoms with Gasteiger partial charge in [0.05, 0.1) is 12.7 Å². The van der Waals surface area contributed by atoms with Gasteiger partial charge in [-0.25, -0.2) is 0 Å². The van der Waals surface area contributed by atoms with E-state index in [4.69, 9.17) is 4.74 Å². The van der Waals surface area contributed by atoms with Crippen LogP contribution in [0.3, 0.4) is 0 Å². The van der Waals surface area contributed by atoms with E-state index in [2.05, 4.69) is 22.5 Å². The molecule has 5 nitrogen and oxygen atoms in total. The van der Waals surface area contributed by atoms with Crippen molar-refractivity contribution in [2.24, 2.45) is 0 Å². The molecule has 5 heteroatoms. The molecular formula is C16H31N3O2. The minimum Gasteiger partial charge on any atom is -0.378 e. The molecule has 0 radical (unpaired) electrons. The van der Waals surface area contributed by atoms with Crippen LogP contribution in [0.25, 0.3) is 0 Å². The molecule has 122 valence electrons. The third kappa shape index (κ3) is 6.32. The number of likely N-dealkylation sites (tertiary alicyclic amines) is 1. The van der Waals surface area contributed by atoms with Gasteiger partial charge in [0.1, 0.15) is 0 Å². The van der Waals surface area contributed by atoms with Gasteiger partial charge in [-0.2, -0.15) is 0 Å². The summed E-state index contributed by atoms with van der Waals surface area (Å²) < 4.78 is 5.78. The summed E-state index contributed by atoms with van der Waals surface area (Å²) in [6.45, 7) is 8.27. The summed E-state index contributed by atoms with van der Waals surface area (Å²) >= 11 is 0. The summed E-state index contributed by atoms with van der Waals surface area (Å²) in [7, 11) is 0. The minimum absolute atomic E-state index is 0.151. The number of carbonyl (C=O) groups is 1. The standard InChI is InChI=1S/C16H31N3O2/c1-2-10-19-11-5-14(6-12-19)18-16(20)7-13-21-15-3-8-17-9-4-15/h14-15,17H,2-13H2,1H3,(H,18,20). The van der Waals surface area contributed by atoms with E-state index in [0.717, 1.165) is 51.9 Å². The van der Waals surface area contributed by atoms with Crippen LogP contribution in [0.1, 0.15) is 45.4 Å². The van der Waals surface area contributed by atoms with Gasteiger partial charge in [-0.15, -0.1) is 0 Å². The molecule has 2 rings (SSSR count). The highest BCUT2D eigenvalue weighted by Gasteiger charge is 2.20. The van der Waals surface area contributed by atoms with Gasteiger partial charge in [0.2, 0.25) is 5.91 Å². The first-order valence-corrected chi connectivity index (χ1v) is 8.62. The topological polar surface area (TPSA) is 53.6 Å². The monoisotopic (exact) mass is 297 g/mol. The smallest absolute Gasteiger partial charge is 0.222 e. The second-order valence-electron chi connectivity index (χ2n) is 6.25. The highest BCUT2D eigenvalue weighted by atomic mass is 16.5. The van der Waals surface area contributed by atoms with Crippen LogP contribution in [-0.2, 0) is 9.53 Å². The first-order valence-electron chi connectivity index (χ1n) is 8.62. The van der Waals surface area contributed by atoms with Crippen molar-refractivity contribution >= 4 is 5.91 Å². The van der Waals surface area contributed by atoms with E-state index < -0.39 is 0 Å². The molecule has 0 aliphatic carbocycles. The van der Waals surface area contributed by atoms with Gasteiger partial charge in [-0.05, 0) is 51.7 Å². The first kappa shape index (κ1) is 16.7. The molecule has 0 atom stereocenters. The van der Waals surface area contributed by atoms with Gasteiger partial charge in [-0.1, -0.05) is 6.92 Å². The van der Waals surface area contributed by atoms with Gasteiger partial charge < -0.3 is 20.3 Å². The molecule has 0 saturated carbocycles. The quantitative estimate of drug-likeness (QED) is 0.740. The Hall–Kier alpha value is -0.650. The Bertz CT molecular complexity index is 298. The molecule has 0 bridgehead atoms. The molecule has 0 spiro atoms. The molecular weight excluding hydrogens is 266 g/mol. The fourth-order valence-corrected chi connectivity index (χ4v) is 3.20. The van der Waals surface area contributed by atoms with Crippen molar-refractivity contribution in [1.29, 1.82) is 0 Å². The largest absolute Gasteiger partial charge is 0.378 e. The molecule has 1 amide bonds. The van der Waals surface area contributed by atoms with Crippen LogP contribution in [0.4, 0.5) is 0 Å². The number of carbonyl (C=O) groups excluding carboxylic acids is 1. The molecule has 2 aliphatic rings. The summed E-state index contributed by atoms with van der Waals surface area (Å²) in [6.07, 6.45) is 6.36. The molecule has 2 saturated heterocycles. The number of amides is 1. The van der Waals surface area contributed by atoms with E-state index in [1.165, 1.54) is 13.0 Å². The van der Waals surface area contributed by atoms with Gasteiger partial charge in [0.25, 0.3) is 0 Å². The van der Waals surface area contributed by atoms with E-state index in [-0.39, 0.29) is 5.91 Å². The van der Waals surface area contributed by atoms with Crippen molar-refractivity contribution in [3.63, 3.8) is 0 Å². The zero-order valence-corrected chi connectivity index (χ0v) is 13.4. The predicted octanol–water partition coefficient (Wildman–Crippen LogP) is 1.14. The van der Waals surface area contributed by atoms with Gasteiger partial charge in [-0.3, -0.25) is 4.79 Å². The third-order valence-corrected chi connectivity index (χ3v) is 4.46. The molecule has 0 unspecified atom stereocenters. The van der Waals surface area contributed by atoms with Gasteiger partial charge >= 0.3 is 0 Å². The van der Waals surface area contributed by atoms with Crippen LogP contribution < -0.4 is 10.6 Å². The lowest BCUT2D eigenvalue weighted by Gasteiger charge is -2.32. The van der Waals surface area contributed by atoms with E-state index in [1.807, 2.05) is 0 Å². The number of hydrogen-bond donors (Lipinski definition) is 2. The maximum atomic E-state index is 11.9. The lowest BCUT2D eigenvalue weighted by atomic mass is 10.0. The average Bonchev–Trinajstić information content (AvgIpc) is 2.51. The van der Waals surface area contributed by atoms with Crippen molar-refractivity contribution in [3.8, 4) is 0 Å². The molecule has 2 heterocycles. The van der Waals surface area contributed by atoms with E-state index in [1.54, 1.807) is 0 Å². The normalized spacial score (nSPS) is 22.3. The average molecular weight is 297 g/mol. The highest BCUT2D eigenvalue weighted by molar-refractivity contribution is 5.76. The Morgan fingerprint density at radius 3 is 2.62 bits per heavy atom. The molecule has 21 heavy (non-hydrogen) atoms. The Labute approximate surface area is 128 Å². The third-order valence-electron chi connectivity index (χ3n) is 4.46. The van der Waals surface area contributed by atoms with Crippen molar-refractivity contribution in [3.05, 3.63) is 0 Å². The summed E-state index contributed by atoms with van der Waals surface area (Å²) in [5.41, 5.74) is 0. The predicted molar refractivity (Wildman–Crippen MR) is 84.4 cm³/mol. The zero-order valence-electron chi connectivity index (χ0n) is 13.4. The lowest BCUT2D eigenvalue weighted by Crippen LogP contribution is -2.45. The first-order chi connectivity index (χ1) is 10.3. The van der Waals surface area contributed by atoms with E-state index in [9.17, 15) is 4.79 Å². The summed E-state index contributed by atoms with van der Waals surface area (Å²) in [4.78, 5) is 14.4. The van der Waals surface area contributed by atoms with Crippen molar-refractivity contribution < 1.29 is 9.53 Å². The Kier molecular flexibility index (Phi) is 7.47.